The first-order valence-corrected chi connectivity index (χ1v) is 15.8. The fourth-order valence-electron chi connectivity index (χ4n) is 8.38. The molecule has 0 bridgehead atoms. The van der Waals surface area contributed by atoms with Crippen molar-refractivity contribution in [3.8, 4) is 0 Å². The molecule has 11 heteroatoms. The zero-order valence-electron chi connectivity index (χ0n) is 22.6. The number of rotatable bonds is 12. The Labute approximate surface area is 224 Å². The van der Waals surface area contributed by atoms with E-state index in [0.717, 1.165) is 44.9 Å². The van der Waals surface area contributed by atoms with Crippen LogP contribution in [-0.2, 0) is 28.2 Å². The van der Waals surface area contributed by atoms with E-state index < -0.39 is 32.1 Å². The molecule has 0 aromatic heterocycles. The predicted octanol–water partition coefficient (Wildman–Crippen LogP) is 4.40. The van der Waals surface area contributed by atoms with Crippen molar-refractivity contribution >= 4 is 25.5 Å². The number of nitrogens with one attached hydrogen (secondary N) is 1. The van der Waals surface area contributed by atoms with Gasteiger partial charge in [-0.25, -0.2) is 9.65 Å². The van der Waals surface area contributed by atoms with E-state index in [4.69, 9.17) is 19.5 Å². The lowest BCUT2D eigenvalue weighted by Crippen LogP contribution is -2.54. The number of hydrogen-bond acceptors (Lipinski definition) is 6. The second-order valence-corrected chi connectivity index (χ2v) is 14.1. The number of carbonyl (C=O) groups excluding carboxylic acids is 1. The Balaban J connectivity index is 1.20. The molecule has 9 atom stereocenters. The van der Waals surface area contributed by atoms with Gasteiger partial charge in [0.25, 0.3) is 0 Å². The Morgan fingerprint density at radius 2 is 1.84 bits per heavy atom. The van der Waals surface area contributed by atoms with Crippen LogP contribution in [0.1, 0.15) is 90.9 Å². The van der Waals surface area contributed by atoms with Crippen molar-refractivity contribution in [2.75, 3.05) is 13.2 Å². The zero-order chi connectivity index (χ0) is 27.7. The summed E-state index contributed by atoms with van der Waals surface area (Å²) in [5.41, 5.74) is 0.211. The van der Waals surface area contributed by atoms with Crippen molar-refractivity contribution in [3.05, 3.63) is 0 Å². The summed E-state index contributed by atoms with van der Waals surface area (Å²) in [4.78, 5) is 44.5. The number of carboxylic acids is 2. The Hall–Kier alpha value is -1.32. The third kappa shape index (κ3) is 6.20. The number of carbonyl (C=O) groups is 3. The molecule has 10 nitrogen and oxygen atoms in total. The highest BCUT2D eigenvalue weighted by atomic mass is 31.2. The highest BCUT2D eigenvalue weighted by Crippen LogP contribution is 2.65. The van der Waals surface area contributed by atoms with Crippen LogP contribution in [0.25, 0.3) is 0 Å². The maximum absolute atomic E-state index is 12.6. The van der Waals surface area contributed by atoms with E-state index in [1.165, 1.54) is 12.8 Å². The van der Waals surface area contributed by atoms with E-state index in [2.05, 4.69) is 13.8 Å². The highest BCUT2D eigenvalue weighted by molar-refractivity contribution is 7.50. The molecule has 4 saturated carbocycles. The first-order valence-electron chi connectivity index (χ1n) is 14.2. The summed E-state index contributed by atoms with van der Waals surface area (Å²) in [6.07, 6.45) is 9.32. The van der Waals surface area contributed by atoms with Gasteiger partial charge in [-0.15, -0.1) is 0 Å². The third-order valence-corrected chi connectivity index (χ3v) is 11.7. The smallest absolute Gasteiger partial charge is 0.403 e. The molecule has 38 heavy (non-hydrogen) atoms. The van der Waals surface area contributed by atoms with Crippen LogP contribution in [0, 0.1) is 34.5 Å². The third-order valence-electron chi connectivity index (χ3n) is 10.5. The monoisotopic (exact) mass is 557 g/mol. The van der Waals surface area contributed by atoms with Gasteiger partial charge in [-0.05, 0) is 93.3 Å². The summed E-state index contributed by atoms with van der Waals surface area (Å²) >= 11 is 0. The minimum Gasteiger partial charge on any atom is -0.481 e. The molecule has 0 heterocycles. The Morgan fingerprint density at radius 1 is 1.08 bits per heavy atom. The molecule has 4 rings (SSSR count). The largest absolute Gasteiger partial charge is 0.481 e. The molecule has 4 fully saturated rings. The average Bonchev–Trinajstić information content (AvgIpc) is 3.15. The van der Waals surface area contributed by atoms with E-state index in [1.807, 2.05) is 5.09 Å². The molecule has 0 amide bonds. The van der Waals surface area contributed by atoms with Crippen LogP contribution < -0.4 is 5.09 Å². The zero-order valence-corrected chi connectivity index (χ0v) is 23.5. The van der Waals surface area contributed by atoms with Gasteiger partial charge >= 0.3 is 19.7 Å². The summed E-state index contributed by atoms with van der Waals surface area (Å²) < 4.78 is 23.3. The van der Waals surface area contributed by atoms with E-state index >= 15 is 0 Å². The molecule has 4 N–H and O–H groups in total. The number of carboxylic acid groups (broad SMARTS) is 2. The minimum absolute atomic E-state index is 0.0808. The molecule has 0 spiro atoms. The standard InChI is InChI=1S/C27H44NO9P/c1-26-12-10-18(36-14-3-15-37-38(34,35)28-22(25(32)33)7-9-24(30)31)16-17(26)4-5-19-20-6-8-23(29)27(20,2)13-11-21(19)26/h17-22H,3-16H2,1-2H3,(H,30,31)(H,32,33)(H2,28,34,35)/t17-,18-,19-,20-,21-,22-,26-,27-/m0/s1. The quantitative estimate of drug-likeness (QED) is 0.200. The number of aliphatic carboxylic acids is 2. The van der Waals surface area contributed by atoms with Gasteiger partial charge in [0, 0.05) is 24.9 Å². The van der Waals surface area contributed by atoms with E-state index in [0.29, 0.717) is 47.9 Å². The van der Waals surface area contributed by atoms with Crippen molar-refractivity contribution in [2.24, 2.45) is 34.5 Å². The van der Waals surface area contributed by atoms with Gasteiger partial charge < -0.3 is 19.8 Å². The Morgan fingerprint density at radius 3 is 2.55 bits per heavy atom. The summed E-state index contributed by atoms with van der Waals surface area (Å²) in [6.45, 7) is 5.00. The van der Waals surface area contributed by atoms with E-state index in [1.54, 1.807) is 0 Å². The Kier molecular flexibility index (Phi) is 9.10. The molecule has 4 aliphatic rings. The maximum Gasteiger partial charge on any atom is 0.403 e. The molecular weight excluding hydrogens is 513 g/mol. The maximum atomic E-state index is 12.6. The lowest BCUT2D eigenvalue weighted by Gasteiger charge is -2.60. The Bertz CT molecular complexity index is 959. The van der Waals surface area contributed by atoms with Crippen LogP contribution in [0.3, 0.4) is 0 Å². The van der Waals surface area contributed by atoms with Gasteiger partial charge in [0.1, 0.15) is 11.8 Å². The van der Waals surface area contributed by atoms with Gasteiger partial charge in [0.15, 0.2) is 0 Å². The normalized spacial score (nSPS) is 38.9. The topological polar surface area (TPSA) is 159 Å². The minimum atomic E-state index is -4.39. The molecule has 0 aliphatic heterocycles. The van der Waals surface area contributed by atoms with Crippen LogP contribution in [0.5, 0.6) is 0 Å². The van der Waals surface area contributed by atoms with Gasteiger partial charge in [-0.3, -0.25) is 18.9 Å². The van der Waals surface area contributed by atoms with Crippen LogP contribution in [0.15, 0.2) is 0 Å². The van der Waals surface area contributed by atoms with E-state index in [9.17, 15) is 23.8 Å². The second kappa shape index (κ2) is 11.7. The van der Waals surface area contributed by atoms with Crippen LogP contribution in [-0.4, -0.2) is 58.2 Å². The summed E-state index contributed by atoms with van der Waals surface area (Å²) in [7, 11) is -4.39. The van der Waals surface area contributed by atoms with Crippen molar-refractivity contribution in [2.45, 2.75) is 103 Å². The van der Waals surface area contributed by atoms with Crippen molar-refractivity contribution < 1.29 is 43.3 Å². The molecule has 216 valence electrons. The number of hydrogen-bond donors (Lipinski definition) is 4. The van der Waals surface area contributed by atoms with Gasteiger partial charge in [-0.2, -0.15) is 0 Å². The molecule has 4 aliphatic carbocycles. The van der Waals surface area contributed by atoms with E-state index in [-0.39, 0.29) is 24.5 Å². The predicted molar refractivity (Wildman–Crippen MR) is 138 cm³/mol. The van der Waals surface area contributed by atoms with Crippen molar-refractivity contribution in [3.63, 3.8) is 0 Å². The van der Waals surface area contributed by atoms with Crippen LogP contribution >= 0.6 is 7.75 Å². The summed E-state index contributed by atoms with van der Waals surface area (Å²) in [5, 5.41) is 19.9. The highest BCUT2D eigenvalue weighted by Gasteiger charge is 2.60. The van der Waals surface area contributed by atoms with Gasteiger partial charge in [-0.1, -0.05) is 13.8 Å². The number of ether oxygens (including phenoxy) is 1. The summed E-state index contributed by atoms with van der Waals surface area (Å²) in [6, 6.07) is -1.49. The fraction of sp³-hybridized carbons (Fsp3) is 0.889. The lowest BCUT2D eigenvalue weighted by molar-refractivity contribution is -0.145. The number of ketones is 1. The number of Topliss-reactive ketones (excluding diaryl/α,β-unsaturated/α-hetero) is 1. The molecule has 1 unspecified atom stereocenters. The average molecular weight is 558 g/mol. The lowest BCUT2D eigenvalue weighted by atomic mass is 9.45. The fourth-order valence-corrected chi connectivity index (χ4v) is 9.47. The van der Waals surface area contributed by atoms with Crippen LogP contribution in [0.2, 0.25) is 0 Å². The number of fused-ring (bicyclic) bond motifs is 5. The molecule has 0 aromatic rings. The molecular formula is C27H44NO9P. The van der Waals surface area contributed by atoms with Crippen molar-refractivity contribution in [1.29, 1.82) is 0 Å². The first kappa shape index (κ1) is 29.7. The first-order chi connectivity index (χ1) is 17.9. The van der Waals surface area contributed by atoms with Gasteiger partial charge in [0.2, 0.25) is 0 Å². The molecule has 0 radical (unpaired) electrons. The molecule has 0 aromatic carbocycles. The van der Waals surface area contributed by atoms with Crippen molar-refractivity contribution in [1.82, 2.24) is 5.09 Å². The second-order valence-electron chi connectivity index (χ2n) is 12.5. The van der Waals surface area contributed by atoms with Gasteiger partial charge in [0.05, 0.1) is 12.7 Å². The van der Waals surface area contributed by atoms with Crippen LogP contribution in [0.4, 0.5) is 0 Å². The molecule has 0 saturated heterocycles. The summed E-state index contributed by atoms with van der Waals surface area (Å²) in [5.74, 6) is 0.417. The SMILES string of the molecule is C[C@]12CC[C@H](OCCCOP(=O)(O)N[C@@H](CCC(=O)O)C(=O)O)C[C@@H]1CC[C@@H]1[C@@H]2CC[C@]2(C)C(=O)CC[C@@H]12.